The van der Waals surface area contributed by atoms with Crippen molar-refractivity contribution in [3.63, 3.8) is 0 Å². The first-order valence-corrected chi connectivity index (χ1v) is 8.26. The summed E-state index contributed by atoms with van der Waals surface area (Å²) in [7, 11) is 0. The van der Waals surface area contributed by atoms with Gasteiger partial charge in [0.1, 0.15) is 18.2 Å². The van der Waals surface area contributed by atoms with Gasteiger partial charge in [0, 0.05) is 6.20 Å². The van der Waals surface area contributed by atoms with Crippen LogP contribution in [0.1, 0.15) is 32.4 Å². The Labute approximate surface area is 146 Å². The minimum atomic E-state index is -0.401. The molecular weight excluding hydrogens is 323 g/mol. The maximum Gasteiger partial charge on any atom is 0.415 e. The minimum Gasteiger partial charge on any atom is -0.447 e. The van der Waals surface area contributed by atoms with Crippen molar-refractivity contribution in [3.8, 4) is 0 Å². The largest absolute Gasteiger partial charge is 0.447 e. The highest BCUT2D eigenvalue weighted by molar-refractivity contribution is 5.89. The summed E-state index contributed by atoms with van der Waals surface area (Å²) in [5, 5.41) is 3.14. The van der Waals surface area contributed by atoms with E-state index in [9.17, 15) is 9.18 Å². The van der Waals surface area contributed by atoms with Crippen LogP contribution in [-0.4, -0.2) is 28.7 Å². The molecule has 7 heteroatoms. The van der Waals surface area contributed by atoms with E-state index in [-0.39, 0.29) is 23.8 Å². The van der Waals surface area contributed by atoms with Crippen molar-refractivity contribution in [1.29, 1.82) is 0 Å². The maximum absolute atomic E-state index is 13.4. The van der Waals surface area contributed by atoms with Crippen LogP contribution in [0, 0.1) is 11.7 Å². The molecule has 0 spiro atoms. The average molecular weight is 344 g/mol. The van der Waals surface area contributed by atoms with E-state index in [1.807, 2.05) is 26.8 Å². The normalized spacial score (nSPS) is 18.4. The smallest absolute Gasteiger partial charge is 0.415 e. The molecule has 1 aliphatic rings. The SMILES string of the molecule is CC(C)C1COC(=O)N1c1ccnc(N[C@H](C)c2cccc(F)c2)n1. The molecule has 0 saturated carbocycles. The van der Waals surface area contributed by atoms with Gasteiger partial charge in [-0.3, -0.25) is 4.90 Å². The molecule has 0 bridgehead atoms. The molecule has 1 saturated heterocycles. The lowest BCUT2D eigenvalue weighted by Gasteiger charge is -2.23. The predicted octanol–water partition coefficient (Wildman–Crippen LogP) is 3.77. The maximum atomic E-state index is 13.4. The highest BCUT2D eigenvalue weighted by Gasteiger charge is 2.37. The average Bonchev–Trinajstić information content (AvgIpc) is 2.97. The van der Waals surface area contributed by atoms with Gasteiger partial charge in [-0.1, -0.05) is 26.0 Å². The molecule has 25 heavy (non-hydrogen) atoms. The molecule has 1 aromatic carbocycles. The zero-order valence-electron chi connectivity index (χ0n) is 14.4. The van der Waals surface area contributed by atoms with Gasteiger partial charge < -0.3 is 10.1 Å². The summed E-state index contributed by atoms with van der Waals surface area (Å²) in [6.45, 7) is 6.31. The molecule has 2 aromatic rings. The van der Waals surface area contributed by atoms with Crippen LogP contribution in [0.2, 0.25) is 0 Å². The van der Waals surface area contributed by atoms with Gasteiger partial charge in [-0.25, -0.2) is 14.2 Å². The monoisotopic (exact) mass is 344 g/mol. The highest BCUT2D eigenvalue weighted by atomic mass is 19.1. The highest BCUT2D eigenvalue weighted by Crippen LogP contribution is 2.26. The first-order valence-electron chi connectivity index (χ1n) is 8.26. The second-order valence-electron chi connectivity index (χ2n) is 6.42. The standard InChI is InChI=1S/C18H21FN4O2/c1-11(2)15-10-25-18(24)23(15)16-7-8-20-17(22-16)21-12(3)13-5-4-6-14(19)9-13/h4-9,11-12,15H,10H2,1-3H3,(H,20,21,22)/t12-,15?/m1/s1. The van der Waals surface area contributed by atoms with Gasteiger partial charge >= 0.3 is 6.09 Å². The molecule has 1 unspecified atom stereocenters. The summed E-state index contributed by atoms with van der Waals surface area (Å²) in [5.41, 5.74) is 0.787. The molecule has 1 amide bonds. The molecule has 3 rings (SSSR count). The summed E-state index contributed by atoms with van der Waals surface area (Å²) in [4.78, 5) is 22.3. The van der Waals surface area contributed by atoms with Crippen molar-refractivity contribution >= 4 is 17.9 Å². The molecule has 0 radical (unpaired) electrons. The summed E-state index contributed by atoms with van der Waals surface area (Å²) >= 11 is 0. The lowest BCUT2D eigenvalue weighted by atomic mass is 10.0. The van der Waals surface area contributed by atoms with Crippen molar-refractivity contribution in [1.82, 2.24) is 9.97 Å². The topological polar surface area (TPSA) is 67.3 Å². The first kappa shape index (κ1) is 17.1. The number of hydrogen-bond donors (Lipinski definition) is 1. The number of carbonyl (C=O) groups excluding carboxylic acids is 1. The quantitative estimate of drug-likeness (QED) is 0.894. The third-order valence-corrected chi connectivity index (χ3v) is 4.26. The van der Waals surface area contributed by atoms with Gasteiger partial charge in [0.2, 0.25) is 5.95 Å². The Morgan fingerprint density at radius 2 is 2.12 bits per heavy atom. The number of benzene rings is 1. The fourth-order valence-electron chi connectivity index (χ4n) is 2.80. The number of hydrogen-bond acceptors (Lipinski definition) is 5. The fourth-order valence-corrected chi connectivity index (χ4v) is 2.80. The number of cyclic esters (lactones) is 1. The fraction of sp³-hybridized carbons (Fsp3) is 0.389. The molecule has 2 heterocycles. The zero-order valence-corrected chi connectivity index (χ0v) is 14.4. The van der Waals surface area contributed by atoms with Crippen LogP contribution in [0.5, 0.6) is 0 Å². The Bertz CT molecular complexity index is 768. The van der Waals surface area contributed by atoms with Crippen LogP contribution in [0.25, 0.3) is 0 Å². The second kappa shape index (κ2) is 7.04. The number of carbonyl (C=O) groups is 1. The van der Waals surface area contributed by atoms with Crippen LogP contribution in [-0.2, 0) is 4.74 Å². The number of anilines is 2. The lowest BCUT2D eigenvalue weighted by Crippen LogP contribution is -2.37. The van der Waals surface area contributed by atoms with Gasteiger partial charge in [0.25, 0.3) is 0 Å². The Hall–Kier alpha value is -2.70. The number of aromatic nitrogens is 2. The molecular formula is C18H21FN4O2. The molecule has 1 aromatic heterocycles. The Balaban J connectivity index is 1.81. The van der Waals surface area contributed by atoms with Gasteiger partial charge in [-0.15, -0.1) is 0 Å². The van der Waals surface area contributed by atoms with Crippen LogP contribution in [0.4, 0.5) is 21.0 Å². The van der Waals surface area contributed by atoms with Crippen LogP contribution in [0.3, 0.4) is 0 Å². The third kappa shape index (κ3) is 3.70. The molecule has 1 aliphatic heterocycles. The van der Waals surface area contributed by atoms with E-state index in [1.165, 1.54) is 12.1 Å². The van der Waals surface area contributed by atoms with Crippen LogP contribution >= 0.6 is 0 Å². The first-order chi connectivity index (χ1) is 12.0. The number of nitrogens with zero attached hydrogens (tertiary/aromatic N) is 3. The molecule has 1 N–H and O–H groups in total. The van der Waals surface area contributed by atoms with Gasteiger partial charge in [0.15, 0.2) is 0 Å². The van der Waals surface area contributed by atoms with E-state index in [1.54, 1.807) is 23.2 Å². The Morgan fingerprint density at radius 1 is 1.32 bits per heavy atom. The molecule has 6 nitrogen and oxygen atoms in total. The predicted molar refractivity (Wildman–Crippen MR) is 92.9 cm³/mol. The van der Waals surface area contributed by atoms with E-state index in [4.69, 9.17) is 4.74 Å². The van der Waals surface area contributed by atoms with E-state index in [0.29, 0.717) is 18.4 Å². The van der Waals surface area contributed by atoms with Crippen molar-refractivity contribution < 1.29 is 13.9 Å². The molecule has 0 aliphatic carbocycles. The number of nitrogens with one attached hydrogen (secondary N) is 1. The lowest BCUT2D eigenvalue weighted by molar-refractivity contribution is 0.177. The van der Waals surface area contributed by atoms with Gasteiger partial charge in [0.05, 0.1) is 12.1 Å². The summed E-state index contributed by atoms with van der Waals surface area (Å²) in [6, 6.07) is 7.80. The molecule has 1 fully saturated rings. The van der Waals surface area contributed by atoms with E-state index >= 15 is 0 Å². The van der Waals surface area contributed by atoms with Crippen LogP contribution < -0.4 is 10.2 Å². The summed E-state index contributed by atoms with van der Waals surface area (Å²) in [6.07, 6.45) is 1.19. The van der Waals surface area contributed by atoms with E-state index in [0.717, 1.165) is 5.56 Å². The number of ether oxygens (including phenoxy) is 1. The zero-order chi connectivity index (χ0) is 18.0. The third-order valence-electron chi connectivity index (χ3n) is 4.26. The summed E-state index contributed by atoms with van der Waals surface area (Å²) < 4.78 is 18.5. The minimum absolute atomic E-state index is 0.0594. The van der Waals surface area contributed by atoms with Crippen molar-refractivity contribution in [2.24, 2.45) is 5.92 Å². The molecule has 2 atom stereocenters. The Morgan fingerprint density at radius 3 is 2.84 bits per heavy atom. The number of amides is 1. The molecule has 132 valence electrons. The van der Waals surface area contributed by atoms with E-state index in [2.05, 4.69) is 15.3 Å². The Kier molecular flexibility index (Phi) is 4.83. The van der Waals surface area contributed by atoms with Crippen molar-refractivity contribution in [2.45, 2.75) is 32.9 Å². The van der Waals surface area contributed by atoms with Crippen LogP contribution in [0.15, 0.2) is 36.5 Å². The van der Waals surface area contributed by atoms with Gasteiger partial charge in [-0.05, 0) is 36.6 Å². The second-order valence-corrected chi connectivity index (χ2v) is 6.42. The number of rotatable bonds is 5. The number of halogens is 1. The summed E-state index contributed by atoms with van der Waals surface area (Å²) in [5.74, 6) is 0.811. The van der Waals surface area contributed by atoms with E-state index < -0.39 is 6.09 Å². The van der Waals surface area contributed by atoms with Crippen molar-refractivity contribution in [2.75, 3.05) is 16.8 Å². The van der Waals surface area contributed by atoms with Crippen molar-refractivity contribution in [3.05, 3.63) is 47.9 Å². The van der Waals surface area contributed by atoms with Gasteiger partial charge in [-0.2, -0.15) is 4.98 Å².